The molecule has 0 radical (unpaired) electrons. The lowest BCUT2D eigenvalue weighted by Crippen LogP contribution is -2.30. The largest absolute Gasteiger partial charge is 0.449 e. The Kier molecular flexibility index (Phi) is 6.69. The number of carbonyl (C=O) groups is 2. The molecule has 1 N–H and O–H groups in total. The van der Waals surface area contributed by atoms with Crippen LogP contribution in [0.1, 0.15) is 35.3 Å². The fraction of sp³-hybridized carbons (Fsp3) is 0.300. The second-order valence-electron chi connectivity index (χ2n) is 5.99. The minimum atomic E-state index is -1.29. The van der Waals surface area contributed by atoms with Crippen LogP contribution in [0, 0.1) is 13.8 Å². The summed E-state index contributed by atoms with van der Waals surface area (Å²) in [5, 5.41) is 2.77. The highest BCUT2D eigenvalue weighted by Gasteiger charge is 2.22. The highest BCUT2D eigenvalue weighted by atomic mass is 32.2. The average molecular weight is 373 g/mol. The molecule has 2 aromatic rings. The van der Waals surface area contributed by atoms with E-state index in [4.69, 9.17) is 4.74 Å². The lowest BCUT2D eigenvalue weighted by Gasteiger charge is -2.16. The van der Waals surface area contributed by atoms with Crippen molar-refractivity contribution in [2.24, 2.45) is 0 Å². The topological polar surface area (TPSA) is 72.5 Å². The number of aryl methyl sites for hydroxylation is 2. The van der Waals surface area contributed by atoms with Crippen molar-refractivity contribution in [3.8, 4) is 0 Å². The fourth-order valence-corrected chi connectivity index (χ4v) is 3.39. The molecule has 138 valence electrons. The van der Waals surface area contributed by atoms with Crippen LogP contribution in [0.4, 0.5) is 5.69 Å². The van der Waals surface area contributed by atoms with E-state index in [-0.39, 0.29) is 5.56 Å². The van der Waals surface area contributed by atoms with E-state index in [2.05, 4.69) is 5.32 Å². The zero-order valence-corrected chi connectivity index (χ0v) is 16.2. The smallest absolute Gasteiger partial charge is 0.340 e. The van der Waals surface area contributed by atoms with Crippen LogP contribution < -0.4 is 5.32 Å². The predicted octanol–water partition coefficient (Wildman–Crippen LogP) is 3.61. The molecule has 0 saturated heterocycles. The van der Waals surface area contributed by atoms with Crippen molar-refractivity contribution in [1.82, 2.24) is 0 Å². The first kappa shape index (κ1) is 19.8. The van der Waals surface area contributed by atoms with Crippen molar-refractivity contribution in [1.29, 1.82) is 0 Å². The van der Waals surface area contributed by atoms with Gasteiger partial charge < -0.3 is 10.1 Å². The maximum atomic E-state index is 12.4. The van der Waals surface area contributed by atoms with Crippen molar-refractivity contribution < 1.29 is 18.5 Å². The van der Waals surface area contributed by atoms with Crippen LogP contribution in [0.2, 0.25) is 0 Å². The van der Waals surface area contributed by atoms with Gasteiger partial charge in [-0.05, 0) is 44.5 Å². The van der Waals surface area contributed by atoms with Gasteiger partial charge in [0.2, 0.25) is 0 Å². The van der Waals surface area contributed by atoms with Gasteiger partial charge in [-0.2, -0.15) is 0 Å². The normalized spacial score (nSPS) is 12.9. The molecule has 0 aliphatic rings. The number of rotatable bonds is 6. The number of nitrogens with one attached hydrogen (secondary N) is 1. The highest BCUT2D eigenvalue weighted by molar-refractivity contribution is 7.85. The third kappa shape index (κ3) is 4.79. The minimum Gasteiger partial charge on any atom is -0.449 e. The van der Waals surface area contributed by atoms with Crippen molar-refractivity contribution in [2.45, 2.75) is 38.7 Å². The second-order valence-corrected chi connectivity index (χ2v) is 7.69. The summed E-state index contributed by atoms with van der Waals surface area (Å²) in [5.74, 6) is -0.683. The molecule has 0 aliphatic heterocycles. The van der Waals surface area contributed by atoms with Crippen LogP contribution in [0.25, 0.3) is 0 Å². The molecule has 2 atom stereocenters. The molecule has 0 unspecified atom stereocenters. The average Bonchev–Trinajstić information content (AvgIpc) is 2.63. The molecule has 26 heavy (non-hydrogen) atoms. The molecule has 0 spiro atoms. The molecular formula is C20H23NO4S. The van der Waals surface area contributed by atoms with Gasteiger partial charge in [0.05, 0.1) is 21.3 Å². The standard InChI is InChI=1S/C20H23NO4S/c1-5-26(24)18-9-7-6-8-16(18)20(23)25-15(4)19(22)21-17-11-10-13(2)12-14(17)3/h6-12,15H,5H2,1-4H3,(H,21,22)/t15-,26-/m0/s1. The van der Waals surface area contributed by atoms with Crippen LogP contribution in [0.15, 0.2) is 47.4 Å². The van der Waals surface area contributed by atoms with E-state index in [9.17, 15) is 13.8 Å². The van der Waals surface area contributed by atoms with Crippen LogP contribution in [-0.4, -0.2) is 27.9 Å². The first-order chi connectivity index (χ1) is 12.3. The number of benzene rings is 2. The molecule has 0 heterocycles. The van der Waals surface area contributed by atoms with Gasteiger partial charge in [0.15, 0.2) is 6.10 Å². The van der Waals surface area contributed by atoms with Crippen LogP contribution >= 0.6 is 0 Å². The maximum absolute atomic E-state index is 12.4. The zero-order valence-electron chi connectivity index (χ0n) is 15.4. The minimum absolute atomic E-state index is 0.221. The van der Waals surface area contributed by atoms with Gasteiger partial charge in [-0.25, -0.2) is 4.79 Å². The van der Waals surface area contributed by atoms with Gasteiger partial charge in [-0.1, -0.05) is 36.8 Å². The Hall–Kier alpha value is -2.47. The molecular weight excluding hydrogens is 350 g/mol. The summed E-state index contributed by atoms with van der Waals surface area (Å²) in [6.07, 6.45) is -0.980. The van der Waals surface area contributed by atoms with E-state index in [0.717, 1.165) is 11.1 Å². The summed E-state index contributed by atoms with van der Waals surface area (Å²) in [6.45, 7) is 7.16. The summed E-state index contributed by atoms with van der Waals surface area (Å²) in [4.78, 5) is 25.2. The fourth-order valence-electron chi connectivity index (χ4n) is 2.46. The van der Waals surface area contributed by atoms with Crippen LogP contribution in [0.3, 0.4) is 0 Å². The molecule has 2 rings (SSSR count). The Morgan fingerprint density at radius 3 is 2.50 bits per heavy atom. The number of anilines is 1. The first-order valence-electron chi connectivity index (χ1n) is 8.40. The van der Waals surface area contributed by atoms with Crippen molar-refractivity contribution in [3.05, 3.63) is 59.2 Å². The number of hydrogen-bond donors (Lipinski definition) is 1. The highest BCUT2D eigenvalue weighted by Crippen LogP contribution is 2.18. The molecule has 0 aromatic heterocycles. The van der Waals surface area contributed by atoms with Gasteiger partial charge in [0, 0.05) is 11.4 Å². The van der Waals surface area contributed by atoms with Crippen LogP contribution in [-0.2, 0) is 20.3 Å². The lowest BCUT2D eigenvalue weighted by molar-refractivity contribution is -0.123. The van der Waals surface area contributed by atoms with E-state index < -0.39 is 28.8 Å². The Morgan fingerprint density at radius 2 is 1.85 bits per heavy atom. The number of carbonyl (C=O) groups excluding carboxylic acids is 2. The first-order valence-corrected chi connectivity index (χ1v) is 9.71. The number of ether oxygens (including phenoxy) is 1. The van der Waals surface area contributed by atoms with E-state index in [1.807, 2.05) is 32.0 Å². The molecule has 0 bridgehead atoms. The van der Waals surface area contributed by atoms with E-state index in [1.165, 1.54) is 6.92 Å². The van der Waals surface area contributed by atoms with Crippen molar-refractivity contribution in [2.75, 3.05) is 11.1 Å². The third-order valence-corrected chi connectivity index (χ3v) is 5.28. The Labute approximate surface area is 156 Å². The third-order valence-electron chi connectivity index (χ3n) is 3.91. The Morgan fingerprint density at radius 1 is 1.15 bits per heavy atom. The summed E-state index contributed by atoms with van der Waals surface area (Å²) >= 11 is 0. The van der Waals surface area contributed by atoms with E-state index >= 15 is 0 Å². The Bertz CT molecular complexity index is 847. The van der Waals surface area contributed by atoms with Gasteiger partial charge in [0.25, 0.3) is 5.91 Å². The van der Waals surface area contributed by atoms with E-state index in [1.54, 1.807) is 31.2 Å². The van der Waals surface area contributed by atoms with Gasteiger partial charge >= 0.3 is 5.97 Å². The lowest BCUT2D eigenvalue weighted by atomic mass is 10.1. The molecule has 0 aliphatic carbocycles. The molecule has 6 heteroatoms. The van der Waals surface area contributed by atoms with Gasteiger partial charge in [-0.3, -0.25) is 9.00 Å². The predicted molar refractivity (Wildman–Crippen MR) is 103 cm³/mol. The van der Waals surface area contributed by atoms with Gasteiger partial charge in [0.1, 0.15) is 0 Å². The number of esters is 1. The second kappa shape index (κ2) is 8.76. The molecule has 0 fully saturated rings. The molecule has 5 nitrogen and oxygen atoms in total. The van der Waals surface area contributed by atoms with Crippen LogP contribution in [0.5, 0.6) is 0 Å². The quantitative estimate of drug-likeness (QED) is 0.785. The summed E-state index contributed by atoms with van der Waals surface area (Å²) in [6, 6.07) is 12.3. The van der Waals surface area contributed by atoms with Crippen molar-refractivity contribution >= 4 is 28.4 Å². The summed E-state index contributed by atoms with van der Waals surface area (Å²) < 4.78 is 17.4. The molecule has 1 amide bonds. The monoisotopic (exact) mass is 373 g/mol. The van der Waals surface area contributed by atoms with Crippen molar-refractivity contribution in [3.63, 3.8) is 0 Å². The molecule has 2 aromatic carbocycles. The maximum Gasteiger partial charge on any atom is 0.340 e. The SMILES string of the molecule is CC[S@](=O)c1ccccc1C(=O)O[C@@H](C)C(=O)Nc1ccc(C)cc1C. The number of amides is 1. The Balaban J connectivity index is 2.09. The van der Waals surface area contributed by atoms with Gasteiger partial charge in [-0.15, -0.1) is 0 Å². The van der Waals surface area contributed by atoms with E-state index in [0.29, 0.717) is 16.3 Å². The number of hydrogen-bond acceptors (Lipinski definition) is 4. The summed E-state index contributed by atoms with van der Waals surface area (Å²) in [7, 11) is -1.29. The zero-order chi connectivity index (χ0) is 19.3. The molecule has 0 saturated carbocycles. The summed E-state index contributed by atoms with van der Waals surface area (Å²) in [5.41, 5.74) is 2.93.